The Labute approximate surface area is 133 Å². The number of hydrogen-bond donors (Lipinski definition) is 2. The Balaban J connectivity index is 2.09. The predicted molar refractivity (Wildman–Crippen MR) is 79.8 cm³/mol. The molecule has 2 rings (SSSR count). The van der Waals surface area contributed by atoms with Crippen molar-refractivity contribution in [2.45, 2.75) is 44.4 Å². The van der Waals surface area contributed by atoms with Crippen molar-refractivity contribution in [3.8, 4) is 0 Å². The van der Waals surface area contributed by atoms with Gasteiger partial charge in [-0.1, -0.05) is 30.3 Å². The first-order valence-corrected chi connectivity index (χ1v) is 7.42. The smallest absolute Gasteiger partial charge is 0.411 e. The molecule has 7 nitrogen and oxygen atoms in total. The van der Waals surface area contributed by atoms with Gasteiger partial charge in [0.15, 0.2) is 0 Å². The largest absolute Gasteiger partial charge is 0.481 e. The molecule has 0 saturated carbocycles. The summed E-state index contributed by atoms with van der Waals surface area (Å²) < 4.78 is 5.19. The Hall–Kier alpha value is -2.57. The molecule has 0 radical (unpaired) electrons. The minimum Gasteiger partial charge on any atom is -0.481 e. The number of carboxylic acid groups (broad SMARTS) is 2. The maximum atomic E-state index is 12.3. The van der Waals surface area contributed by atoms with E-state index >= 15 is 0 Å². The molecule has 0 bridgehead atoms. The van der Waals surface area contributed by atoms with Crippen LogP contribution in [0.15, 0.2) is 30.3 Å². The van der Waals surface area contributed by atoms with Crippen LogP contribution in [-0.2, 0) is 20.9 Å². The molecule has 1 saturated heterocycles. The molecule has 7 heteroatoms. The fourth-order valence-electron chi connectivity index (χ4n) is 2.79. The van der Waals surface area contributed by atoms with Gasteiger partial charge in [0, 0.05) is 6.04 Å². The monoisotopic (exact) mass is 321 g/mol. The molecule has 124 valence electrons. The number of amides is 1. The molecule has 1 aliphatic rings. The van der Waals surface area contributed by atoms with Crippen LogP contribution >= 0.6 is 0 Å². The number of likely N-dealkylation sites (tertiary alicyclic amines) is 1. The number of aliphatic carboxylic acids is 2. The number of hydrogen-bond acceptors (Lipinski definition) is 4. The van der Waals surface area contributed by atoms with Crippen LogP contribution in [0.3, 0.4) is 0 Å². The molecule has 23 heavy (non-hydrogen) atoms. The van der Waals surface area contributed by atoms with Crippen molar-refractivity contribution in [1.29, 1.82) is 0 Å². The van der Waals surface area contributed by atoms with Gasteiger partial charge in [0.1, 0.15) is 12.6 Å². The number of nitrogens with zero attached hydrogens (tertiary/aromatic N) is 1. The molecule has 1 amide bonds. The highest BCUT2D eigenvalue weighted by molar-refractivity contribution is 5.81. The quantitative estimate of drug-likeness (QED) is 0.860. The zero-order valence-corrected chi connectivity index (χ0v) is 12.6. The van der Waals surface area contributed by atoms with Crippen molar-refractivity contribution >= 4 is 18.0 Å². The highest BCUT2D eigenvalue weighted by atomic mass is 16.6. The first-order valence-electron chi connectivity index (χ1n) is 7.42. The lowest BCUT2D eigenvalue weighted by Gasteiger charge is -2.38. The van der Waals surface area contributed by atoms with E-state index in [9.17, 15) is 19.5 Å². The molecule has 1 aromatic rings. The highest BCUT2D eigenvalue weighted by Crippen LogP contribution is 2.26. The lowest BCUT2D eigenvalue weighted by atomic mass is 9.94. The summed E-state index contributed by atoms with van der Waals surface area (Å²) in [4.78, 5) is 35.7. The molecular weight excluding hydrogens is 302 g/mol. The average Bonchev–Trinajstić information content (AvgIpc) is 2.52. The Bertz CT molecular complexity index is 573. The van der Waals surface area contributed by atoms with Crippen molar-refractivity contribution < 1.29 is 29.3 Å². The van der Waals surface area contributed by atoms with E-state index in [2.05, 4.69) is 0 Å². The third-order valence-corrected chi connectivity index (χ3v) is 3.86. The molecule has 0 aliphatic carbocycles. The van der Waals surface area contributed by atoms with E-state index in [1.165, 1.54) is 0 Å². The van der Waals surface area contributed by atoms with E-state index in [4.69, 9.17) is 9.84 Å². The van der Waals surface area contributed by atoms with Gasteiger partial charge >= 0.3 is 18.0 Å². The Morgan fingerprint density at radius 3 is 2.43 bits per heavy atom. The third-order valence-electron chi connectivity index (χ3n) is 3.86. The normalized spacial score (nSPS) is 20.8. The Morgan fingerprint density at radius 1 is 1.13 bits per heavy atom. The summed E-state index contributed by atoms with van der Waals surface area (Å²) in [6.45, 7) is 0.0162. The second kappa shape index (κ2) is 7.62. The second-order valence-corrected chi connectivity index (χ2v) is 5.48. The topological polar surface area (TPSA) is 104 Å². The SMILES string of the molecule is O=C(O)C[C@H]1CCC[C@H](C(=O)O)N1C(=O)OCc1ccccc1. The summed E-state index contributed by atoms with van der Waals surface area (Å²) in [5, 5.41) is 18.3. The second-order valence-electron chi connectivity index (χ2n) is 5.48. The van der Waals surface area contributed by atoms with Gasteiger partial charge in [0.05, 0.1) is 6.42 Å². The lowest BCUT2D eigenvalue weighted by Crippen LogP contribution is -2.54. The van der Waals surface area contributed by atoms with Gasteiger partial charge in [-0.05, 0) is 24.8 Å². The highest BCUT2D eigenvalue weighted by Gasteiger charge is 2.40. The van der Waals surface area contributed by atoms with E-state index in [0.717, 1.165) is 10.5 Å². The zero-order valence-electron chi connectivity index (χ0n) is 12.6. The van der Waals surface area contributed by atoms with Crippen LogP contribution in [0, 0.1) is 0 Å². The van der Waals surface area contributed by atoms with Crippen molar-refractivity contribution in [2.24, 2.45) is 0 Å². The third kappa shape index (κ3) is 4.45. The Kier molecular flexibility index (Phi) is 5.56. The summed E-state index contributed by atoms with van der Waals surface area (Å²) >= 11 is 0. The summed E-state index contributed by atoms with van der Waals surface area (Å²) in [6.07, 6.45) is 0.247. The van der Waals surface area contributed by atoms with Gasteiger partial charge in [0.25, 0.3) is 0 Å². The summed E-state index contributed by atoms with van der Waals surface area (Å²) in [6, 6.07) is 7.30. The number of rotatable bonds is 5. The number of carbonyl (C=O) groups is 3. The zero-order chi connectivity index (χ0) is 16.8. The van der Waals surface area contributed by atoms with Gasteiger partial charge in [-0.25, -0.2) is 9.59 Å². The first-order chi connectivity index (χ1) is 11.0. The molecule has 1 aliphatic heterocycles. The molecule has 2 N–H and O–H groups in total. The Morgan fingerprint density at radius 2 is 1.83 bits per heavy atom. The van der Waals surface area contributed by atoms with E-state index in [-0.39, 0.29) is 13.0 Å². The standard InChI is InChI=1S/C16H19NO6/c18-14(19)9-12-7-4-8-13(15(20)21)17(12)16(22)23-10-11-5-2-1-3-6-11/h1-3,5-6,12-13H,4,7-10H2,(H,18,19)(H,20,21)/t12-,13-/m1/s1. The van der Waals surface area contributed by atoms with Gasteiger partial charge < -0.3 is 14.9 Å². The predicted octanol–water partition coefficient (Wildman–Crippen LogP) is 2.11. The van der Waals surface area contributed by atoms with Crippen molar-refractivity contribution in [2.75, 3.05) is 0 Å². The number of carboxylic acids is 2. The van der Waals surface area contributed by atoms with Crippen LogP contribution < -0.4 is 0 Å². The molecule has 1 heterocycles. The van der Waals surface area contributed by atoms with Crippen molar-refractivity contribution in [3.63, 3.8) is 0 Å². The van der Waals surface area contributed by atoms with Crippen LogP contribution in [0.5, 0.6) is 0 Å². The van der Waals surface area contributed by atoms with Crippen LogP contribution in [0.4, 0.5) is 4.79 Å². The number of carbonyl (C=O) groups excluding carboxylic acids is 1. The van der Waals surface area contributed by atoms with E-state index in [1.54, 1.807) is 24.3 Å². The van der Waals surface area contributed by atoms with Gasteiger partial charge in [0.2, 0.25) is 0 Å². The van der Waals surface area contributed by atoms with E-state index in [0.29, 0.717) is 19.3 Å². The fourth-order valence-corrected chi connectivity index (χ4v) is 2.79. The van der Waals surface area contributed by atoms with E-state index in [1.807, 2.05) is 6.07 Å². The molecule has 1 fully saturated rings. The number of piperidine rings is 1. The molecular formula is C16H19NO6. The van der Waals surface area contributed by atoms with Gasteiger partial charge in [-0.3, -0.25) is 9.69 Å². The van der Waals surface area contributed by atoms with Gasteiger partial charge in [-0.15, -0.1) is 0 Å². The molecule has 1 aromatic carbocycles. The van der Waals surface area contributed by atoms with E-state index < -0.39 is 30.1 Å². The summed E-state index contributed by atoms with van der Waals surface area (Å²) in [5.41, 5.74) is 0.777. The maximum absolute atomic E-state index is 12.3. The number of benzene rings is 1. The number of ether oxygens (including phenoxy) is 1. The summed E-state index contributed by atoms with van der Waals surface area (Å²) in [5.74, 6) is -2.21. The molecule has 0 unspecified atom stereocenters. The van der Waals surface area contributed by atoms with Crippen molar-refractivity contribution in [1.82, 2.24) is 4.90 Å². The van der Waals surface area contributed by atoms with Gasteiger partial charge in [-0.2, -0.15) is 0 Å². The van der Waals surface area contributed by atoms with Crippen LogP contribution in [-0.4, -0.2) is 45.2 Å². The van der Waals surface area contributed by atoms with Crippen molar-refractivity contribution in [3.05, 3.63) is 35.9 Å². The summed E-state index contributed by atoms with van der Waals surface area (Å²) in [7, 11) is 0. The molecule has 2 atom stereocenters. The maximum Gasteiger partial charge on any atom is 0.411 e. The minimum absolute atomic E-state index is 0.0162. The van der Waals surface area contributed by atoms with Crippen LogP contribution in [0.2, 0.25) is 0 Å². The first kappa shape index (κ1) is 16.8. The molecule has 0 spiro atoms. The lowest BCUT2D eigenvalue weighted by molar-refractivity contribution is -0.148. The minimum atomic E-state index is -1.14. The van der Waals surface area contributed by atoms with Crippen LogP contribution in [0.1, 0.15) is 31.2 Å². The average molecular weight is 321 g/mol. The fraction of sp³-hybridized carbons (Fsp3) is 0.438. The van der Waals surface area contributed by atoms with Crippen LogP contribution in [0.25, 0.3) is 0 Å². The molecule has 0 aromatic heterocycles.